The van der Waals surface area contributed by atoms with Crippen LogP contribution in [-0.2, 0) is 20.7 Å². The fraction of sp³-hybridized carbons (Fsp3) is 0.550. The third-order valence-electron chi connectivity index (χ3n) is 3.95. The van der Waals surface area contributed by atoms with Crippen molar-refractivity contribution < 1.29 is 24.2 Å². The number of nitrogens with zero attached hydrogens (tertiary/aromatic N) is 1. The van der Waals surface area contributed by atoms with E-state index in [0.717, 1.165) is 5.56 Å². The summed E-state index contributed by atoms with van der Waals surface area (Å²) in [5, 5.41) is 11.7. The molecule has 0 aliphatic heterocycles. The molecular weight excluding hydrogens is 348 g/mol. The molecule has 150 valence electrons. The smallest absolute Gasteiger partial charge is 0.408 e. The molecule has 27 heavy (non-hydrogen) atoms. The highest BCUT2D eigenvalue weighted by Crippen LogP contribution is 2.13. The van der Waals surface area contributed by atoms with Crippen LogP contribution in [0.3, 0.4) is 0 Å². The quantitative estimate of drug-likeness (QED) is 0.725. The van der Waals surface area contributed by atoms with Gasteiger partial charge in [-0.1, -0.05) is 37.3 Å². The third kappa shape index (κ3) is 8.57. The molecule has 0 aliphatic carbocycles. The van der Waals surface area contributed by atoms with Gasteiger partial charge in [-0.3, -0.25) is 4.79 Å². The lowest BCUT2D eigenvalue weighted by Gasteiger charge is -2.25. The molecule has 0 aromatic heterocycles. The first-order valence-corrected chi connectivity index (χ1v) is 9.01. The summed E-state index contributed by atoms with van der Waals surface area (Å²) in [5.41, 5.74) is 0.395. The van der Waals surface area contributed by atoms with E-state index in [1.54, 1.807) is 39.6 Å². The number of hydrogen-bond acceptors (Lipinski definition) is 4. The number of carbonyl (C=O) groups excluding carboxylic acids is 2. The molecule has 0 radical (unpaired) electrons. The van der Waals surface area contributed by atoms with Gasteiger partial charge in [-0.2, -0.15) is 0 Å². The van der Waals surface area contributed by atoms with Crippen LogP contribution in [0.4, 0.5) is 4.79 Å². The minimum absolute atomic E-state index is 0.0108. The molecule has 1 aromatic rings. The predicted octanol–water partition coefficient (Wildman–Crippen LogP) is 2.69. The number of ether oxygens (including phenoxy) is 1. The van der Waals surface area contributed by atoms with Gasteiger partial charge in [-0.05, 0) is 39.2 Å². The van der Waals surface area contributed by atoms with E-state index in [0.29, 0.717) is 13.0 Å². The summed E-state index contributed by atoms with van der Waals surface area (Å²) >= 11 is 0. The lowest BCUT2D eigenvalue weighted by Crippen LogP contribution is -2.46. The number of carbonyl (C=O) groups is 3. The Kier molecular flexibility index (Phi) is 8.28. The summed E-state index contributed by atoms with van der Waals surface area (Å²) in [6.45, 7) is 7.26. The maximum Gasteiger partial charge on any atom is 0.408 e. The van der Waals surface area contributed by atoms with Gasteiger partial charge in [-0.25, -0.2) is 9.59 Å². The third-order valence-corrected chi connectivity index (χ3v) is 3.95. The Morgan fingerprint density at radius 3 is 2.30 bits per heavy atom. The lowest BCUT2D eigenvalue weighted by molar-refractivity contribution is -0.141. The van der Waals surface area contributed by atoms with Gasteiger partial charge < -0.3 is 20.1 Å². The largest absolute Gasteiger partial charge is 0.480 e. The SMILES string of the molecule is CC(C[C@H](NC(=O)OC(C)(C)C)C(=O)O)C(=O)N(C)CCc1ccccc1. The Hall–Kier alpha value is -2.57. The molecule has 7 nitrogen and oxygen atoms in total. The first-order chi connectivity index (χ1) is 12.5. The molecule has 7 heteroatoms. The summed E-state index contributed by atoms with van der Waals surface area (Å²) in [6, 6.07) is 8.62. The van der Waals surface area contributed by atoms with E-state index in [4.69, 9.17) is 4.74 Å². The van der Waals surface area contributed by atoms with Crippen molar-refractivity contribution in [2.45, 2.75) is 52.2 Å². The van der Waals surface area contributed by atoms with Crippen LogP contribution in [0.1, 0.15) is 39.7 Å². The van der Waals surface area contributed by atoms with Crippen molar-refractivity contribution in [1.82, 2.24) is 10.2 Å². The number of hydrogen-bond donors (Lipinski definition) is 2. The van der Waals surface area contributed by atoms with Crippen molar-refractivity contribution in [2.75, 3.05) is 13.6 Å². The van der Waals surface area contributed by atoms with Gasteiger partial charge in [0.2, 0.25) is 5.91 Å². The van der Waals surface area contributed by atoms with Crippen LogP contribution < -0.4 is 5.32 Å². The fourth-order valence-electron chi connectivity index (χ4n) is 2.55. The van der Waals surface area contributed by atoms with Gasteiger partial charge in [0.15, 0.2) is 0 Å². The summed E-state index contributed by atoms with van der Waals surface area (Å²) < 4.78 is 5.09. The summed E-state index contributed by atoms with van der Waals surface area (Å²) in [7, 11) is 1.69. The minimum atomic E-state index is -1.20. The number of aliphatic carboxylic acids is 1. The van der Waals surface area contributed by atoms with Crippen molar-refractivity contribution in [1.29, 1.82) is 0 Å². The Balaban J connectivity index is 2.58. The second kappa shape index (κ2) is 9.94. The van der Waals surface area contributed by atoms with Crippen LogP contribution >= 0.6 is 0 Å². The Morgan fingerprint density at radius 2 is 1.78 bits per heavy atom. The zero-order chi connectivity index (χ0) is 20.6. The van der Waals surface area contributed by atoms with Gasteiger partial charge in [0.25, 0.3) is 0 Å². The number of benzene rings is 1. The molecule has 0 saturated heterocycles. The fourth-order valence-corrected chi connectivity index (χ4v) is 2.55. The van der Waals surface area contributed by atoms with Crippen LogP contribution in [-0.4, -0.2) is 53.2 Å². The standard InChI is InChI=1S/C20H30N2O5/c1-14(13-16(18(24)25)21-19(26)27-20(2,3)4)17(23)22(5)12-11-15-9-7-6-8-10-15/h6-10,14,16H,11-13H2,1-5H3,(H,21,26)(H,24,25)/t14?,16-/m0/s1. The predicted molar refractivity (Wildman–Crippen MR) is 102 cm³/mol. The van der Waals surface area contributed by atoms with E-state index < -0.39 is 29.6 Å². The zero-order valence-corrected chi connectivity index (χ0v) is 16.7. The highest BCUT2D eigenvalue weighted by molar-refractivity contribution is 5.82. The van der Waals surface area contributed by atoms with Crippen molar-refractivity contribution in [3.8, 4) is 0 Å². The van der Waals surface area contributed by atoms with Crippen LogP contribution in [0, 0.1) is 5.92 Å². The topological polar surface area (TPSA) is 95.9 Å². The number of carboxylic acid groups (broad SMARTS) is 1. The number of rotatable bonds is 8. The zero-order valence-electron chi connectivity index (χ0n) is 16.7. The molecule has 0 aliphatic rings. The van der Waals surface area contributed by atoms with E-state index in [9.17, 15) is 19.5 Å². The van der Waals surface area contributed by atoms with Gasteiger partial charge in [-0.15, -0.1) is 0 Å². The monoisotopic (exact) mass is 378 g/mol. The van der Waals surface area contributed by atoms with Crippen LogP contribution in [0.2, 0.25) is 0 Å². The van der Waals surface area contributed by atoms with Crippen LogP contribution in [0.25, 0.3) is 0 Å². The molecule has 0 heterocycles. The average Bonchev–Trinajstić information content (AvgIpc) is 2.57. The molecule has 0 bridgehead atoms. The maximum absolute atomic E-state index is 12.5. The second-order valence-electron chi connectivity index (χ2n) is 7.67. The number of amides is 2. The minimum Gasteiger partial charge on any atom is -0.480 e. The normalized spacial score (nSPS) is 13.4. The molecule has 1 unspecified atom stereocenters. The first-order valence-electron chi connectivity index (χ1n) is 9.01. The summed E-state index contributed by atoms with van der Waals surface area (Å²) in [4.78, 5) is 37.4. The van der Waals surface area contributed by atoms with Crippen molar-refractivity contribution in [3.63, 3.8) is 0 Å². The maximum atomic E-state index is 12.5. The van der Waals surface area contributed by atoms with Gasteiger partial charge in [0, 0.05) is 19.5 Å². The number of carboxylic acids is 1. The van der Waals surface area contributed by atoms with E-state index in [1.807, 2.05) is 30.3 Å². The highest BCUT2D eigenvalue weighted by Gasteiger charge is 2.28. The van der Waals surface area contributed by atoms with Crippen LogP contribution in [0.15, 0.2) is 30.3 Å². The molecule has 1 aromatic carbocycles. The molecule has 0 spiro atoms. The Bertz CT molecular complexity index is 640. The van der Waals surface area contributed by atoms with E-state index in [2.05, 4.69) is 5.32 Å². The highest BCUT2D eigenvalue weighted by atomic mass is 16.6. The van der Waals surface area contributed by atoms with Crippen molar-refractivity contribution >= 4 is 18.0 Å². The average molecular weight is 378 g/mol. The second-order valence-corrected chi connectivity index (χ2v) is 7.67. The number of nitrogens with one attached hydrogen (secondary N) is 1. The number of likely N-dealkylation sites (N-methyl/N-ethyl adjacent to an activating group) is 1. The molecule has 2 N–H and O–H groups in total. The summed E-state index contributed by atoms with van der Waals surface area (Å²) in [6.07, 6.45) is -0.107. The van der Waals surface area contributed by atoms with E-state index >= 15 is 0 Å². The van der Waals surface area contributed by atoms with Crippen LogP contribution in [0.5, 0.6) is 0 Å². The number of alkyl carbamates (subject to hydrolysis) is 1. The molecule has 0 saturated carbocycles. The molecule has 2 amide bonds. The van der Waals surface area contributed by atoms with Gasteiger partial charge in [0.1, 0.15) is 11.6 Å². The Morgan fingerprint density at radius 1 is 1.19 bits per heavy atom. The molecule has 0 fully saturated rings. The van der Waals surface area contributed by atoms with Crippen molar-refractivity contribution in [3.05, 3.63) is 35.9 Å². The summed E-state index contributed by atoms with van der Waals surface area (Å²) in [5.74, 6) is -1.92. The molecular formula is C20H30N2O5. The van der Waals surface area contributed by atoms with Gasteiger partial charge >= 0.3 is 12.1 Å². The molecule has 1 rings (SSSR count). The first kappa shape index (κ1) is 22.5. The molecule has 2 atom stereocenters. The van der Waals surface area contributed by atoms with E-state index in [1.165, 1.54) is 0 Å². The van der Waals surface area contributed by atoms with Crippen molar-refractivity contribution in [2.24, 2.45) is 5.92 Å². The lowest BCUT2D eigenvalue weighted by atomic mass is 10.00. The van der Waals surface area contributed by atoms with Gasteiger partial charge in [0.05, 0.1) is 0 Å². The van der Waals surface area contributed by atoms with E-state index in [-0.39, 0.29) is 12.3 Å². The Labute approximate surface area is 160 Å².